The molecular formula is C14H19NO2. The van der Waals surface area contributed by atoms with Crippen molar-refractivity contribution in [2.45, 2.75) is 31.2 Å². The Morgan fingerprint density at radius 3 is 2.47 bits per heavy atom. The summed E-state index contributed by atoms with van der Waals surface area (Å²) >= 11 is 0. The minimum Gasteiger partial charge on any atom is -0.387 e. The Bertz CT molecular complexity index is 356. The molecule has 3 nitrogen and oxygen atoms in total. The number of hydrogen-bond acceptors (Lipinski definition) is 3. The van der Waals surface area contributed by atoms with E-state index >= 15 is 0 Å². The largest absolute Gasteiger partial charge is 0.387 e. The monoisotopic (exact) mass is 233 g/mol. The zero-order chi connectivity index (χ0) is 11.7. The standard InChI is InChI=1S/C14H19NO2/c16-14(11-4-2-1-3-5-11)10-15-8-12-6-7-13(9-15)17-12/h1-5,12-14,16H,6-10H2. The second-order valence-corrected chi connectivity index (χ2v) is 5.10. The zero-order valence-electron chi connectivity index (χ0n) is 9.96. The summed E-state index contributed by atoms with van der Waals surface area (Å²) in [5.41, 5.74) is 1.01. The number of β-amino-alcohol motifs (C(OH)–C–C–N with tert-alkyl or cyclic N) is 1. The number of benzene rings is 1. The van der Waals surface area contributed by atoms with Crippen LogP contribution in [0.4, 0.5) is 0 Å². The Morgan fingerprint density at radius 1 is 1.18 bits per heavy atom. The minimum atomic E-state index is -0.381. The highest BCUT2D eigenvalue weighted by Gasteiger charge is 2.34. The molecule has 2 saturated heterocycles. The van der Waals surface area contributed by atoms with E-state index in [9.17, 15) is 5.11 Å². The lowest BCUT2D eigenvalue weighted by atomic mass is 10.1. The first kappa shape index (κ1) is 11.2. The Morgan fingerprint density at radius 2 is 1.82 bits per heavy atom. The third-order valence-electron chi connectivity index (χ3n) is 3.73. The topological polar surface area (TPSA) is 32.7 Å². The number of morpholine rings is 1. The maximum absolute atomic E-state index is 10.2. The first-order valence-corrected chi connectivity index (χ1v) is 6.42. The number of aliphatic hydroxyl groups excluding tert-OH is 1. The van der Waals surface area contributed by atoms with Gasteiger partial charge in [-0.15, -0.1) is 0 Å². The molecule has 1 N–H and O–H groups in total. The van der Waals surface area contributed by atoms with Crippen LogP contribution in [0.5, 0.6) is 0 Å². The lowest BCUT2D eigenvalue weighted by Gasteiger charge is -2.33. The van der Waals surface area contributed by atoms with Crippen LogP contribution in [-0.4, -0.2) is 41.8 Å². The number of hydrogen-bond donors (Lipinski definition) is 1. The molecule has 0 spiro atoms. The van der Waals surface area contributed by atoms with Gasteiger partial charge in [-0.05, 0) is 18.4 Å². The molecule has 92 valence electrons. The van der Waals surface area contributed by atoms with Gasteiger partial charge in [0.15, 0.2) is 0 Å². The molecular weight excluding hydrogens is 214 g/mol. The third kappa shape index (κ3) is 2.51. The first-order valence-electron chi connectivity index (χ1n) is 6.42. The molecule has 3 heteroatoms. The molecule has 2 aliphatic heterocycles. The molecule has 0 radical (unpaired) electrons. The minimum absolute atomic E-state index is 0.381. The Kier molecular flexibility index (Phi) is 3.14. The van der Waals surface area contributed by atoms with Gasteiger partial charge in [0.2, 0.25) is 0 Å². The third-order valence-corrected chi connectivity index (χ3v) is 3.73. The van der Waals surface area contributed by atoms with Crippen molar-refractivity contribution >= 4 is 0 Å². The van der Waals surface area contributed by atoms with Gasteiger partial charge in [0.25, 0.3) is 0 Å². The van der Waals surface area contributed by atoms with Crippen LogP contribution < -0.4 is 0 Å². The fourth-order valence-electron chi connectivity index (χ4n) is 2.87. The lowest BCUT2D eigenvalue weighted by Crippen LogP contribution is -2.44. The van der Waals surface area contributed by atoms with E-state index in [4.69, 9.17) is 4.74 Å². The van der Waals surface area contributed by atoms with Gasteiger partial charge >= 0.3 is 0 Å². The molecule has 2 bridgehead atoms. The maximum Gasteiger partial charge on any atom is 0.0916 e. The van der Waals surface area contributed by atoms with Crippen LogP contribution in [0.2, 0.25) is 0 Å². The van der Waals surface area contributed by atoms with Gasteiger partial charge in [0.1, 0.15) is 0 Å². The van der Waals surface area contributed by atoms with Crippen LogP contribution in [0.3, 0.4) is 0 Å². The number of fused-ring (bicyclic) bond motifs is 2. The smallest absolute Gasteiger partial charge is 0.0916 e. The highest BCUT2D eigenvalue weighted by Crippen LogP contribution is 2.27. The van der Waals surface area contributed by atoms with Crippen molar-refractivity contribution in [1.29, 1.82) is 0 Å². The molecule has 1 aromatic rings. The molecule has 0 aliphatic carbocycles. The van der Waals surface area contributed by atoms with Crippen LogP contribution in [0.25, 0.3) is 0 Å². The summed E-state index contributed by atoms with van der Waals surface area (Å²) in [6.07, 6.45) is 2.78. The number of aliphatic hydroxyl groups is 1. The fraction of sp³-hybridized carbons (Fsp3) is 0.571. The highest BCUT2D eigenvalue weighted by molar-refractivity contribution is 5.17. The second kappa shape index (κ2) is 4.77. The maximum atomic E-state index is 10.2. The average Bonchev–Trinajstić information content (AvgIpc) is 2.70. The molecule has 1 aromatic carbocycles. The first-order chi connectivity index (χ1) is 8.31. The summed E-state index contributed by atoms with van der Waals surface area (Å²) in [6, 6.07) is 9.90. The van der Waals surface area contributed by atoms with E-state index in [1.165, 1.54) is 12.8 Å². The van der Waals surface area contributed by atoms with Crippen molar-refractivity contribution in [3.8, 4) is 0 Å². The Balaban J connectivity index is 1.60. The van der Waals surface area contributed by atoms with Crippen LogP contribution in [0, 0.1) is 0 Å². The number of nitrogens with zero attached hydrogens (tertiary/aromatic N) is 1. The Hall–Kier alpha value is -0.900. The molecule has 0 saturated carbocycles. The van der Waals surface area contributed by atoms with Crippen LogP contribution in [-0.2, 0) is 4.74 Å². The average molecular weight is 233 g/mol. The summed E-state index contributed by atoms with van der Waals surface area (Å²) in [5, 5.41) is 10.2. The summed E-state index contributed by atoms with van der Waals surface area (Å²) in [7, 11) is 0. The van der Waals surface area contributed by atoms with E-state index in [0.29, 0.717) is 12.2 Å². The quantitative estimate of drug-likeness (QED) is 0.860. The lowest BCUT2D eigenvalue weighted by molar-refractivity contribution is -0.0497. The van der Waals surface area contributed by atoms with Gasteiger partial charge in [-0.3, -0.25) is 4.90 Å². The SMILES string of the molecule is OC(CN1CC2CCC(C1)O2)c1ccccc1. The summed E-state index contributed by atoms with van der Waals surface area (Å²) in [4.78, 5) is 2.34. The number of ether oxygens (including phenoxy) is 1. The van der Waals surface area contributed by atoms with Crippen molar-refractivity contribution in [1.82, 2.24) is 4.90 Å². The molecule has 0 aromatic heterocycles. The number of likely N-dealkylation sites (tertiary alicyclic amines) is 1. The molecule has 2 fully saturated rings. The summed E-state index contributed by atoms with van der Waals surface area (Å²) in [6.45, 7) is 2.67. The van der Waals surface area contributed by atoms with Crippen molar-refractivity contribution in [3.05, 3.63) is 35.9 Å². The molecule has 17 heavy (non-hydrogen) atoms. The molecule has 2 aliphatic rings. The van der Waals surface area contributed by atoms with Crippen LogP contribution in [0.1, 0.15) is 24.5 Å². The van der Waals surface area contributed by atoms with E-state index in [1.807, 2.05) is 30.3 Å². The molecule has 0 amide bonds. The van der Waals surface area contributed by atoms with E-state index < -0.39 is 0 Å². The molecule has 2 heterocycles. The predicted molar refractivity (Wildman–Crippen MR) is 65.7 cm³/mol. The normalized spacial score (nSPS) is 30.4. The Labute approximate surface area is 102 Å². The highest BCUT2D eigenvalue weighted by atomic mass is 16.5. The predicted octanol–water partition coefficient (Wildman–Crippen LogP) is 1.58. The van der Waals surface area contributed by atoms with E-state index in [2.05, 4.69) is 4.90 Å². The van der Waals surface area contributed by atoms with Crippen LogP contribution >= 0.6 is 0 Å². The van der Waals surface area contributed by atoms with Crippen molar-refractivity contribution in [2.24, 2.45) is 0 Å². The van der Waals surface area contributed by atoms with Crippen LogP contribution in [0.15, 0.2) is 30.3 Å². The van der Waals surface area contributed by atoms with Gasteiger partial charge in [0.05, 0.1) is 18.3 Å². The summed E-state index contributed by atoms with van der Waals surface area (Å²) < 4.78 is 5.79. The van der Waals surface area contributed by atoms with Gasteiger partial charge in [-0.1, -0.05) is 30.3 Å². The van der Waals surface area contributed by atoms with Gasteiger partial charge in [-0.25, -0.2) is 0 Å². The fourth-order valence-corrected chi connectivity index (χ4v) is 2.87. The second-order valence-electron chi connectivity index (χ2n) is 5.10. The zero-order valence-corrected chi connectivity index (χ0v) is 9.96. The van der Waals surface area contributed by atoms with E-state index in [-0.39, 0.29) is 6.10 Å². The van der Waals surface area contributed by atoms with Gasteiger partial charge in [-0.2, -0.15) is 0 Å². The van der Waals surface area contributed by atoms with E-state index in [1.54, 1.807) is 0 Å². The van der Waals surface area contributed by atoms with E-state index in [0.717, 1.165) is 25.2 Å². The molecule has 3 unspecified atom stereocenters. The van der Waals surface area contributed by atoms with Crippen molar-refractivity contribution in [2.75, 3.05) is 19.6 Å². The number of rotatable bonds is 3. The molecule has 3 atom stereocenters. The van der Waals surface area contributed by atoms with Gasteiger partial charge < -0.3 is 9.84 Å². The van der Waals surface area contributed by atoms with Crippen molar-refractivity contribution < 1.29 is 9.84 Å². The van der Waals surface area contributed by atoms with Gasteiger partial charge in [0, 0.05) is 19.6 Å². The summed E-state index contributed by atoms with van der Waals surface area (Å²) in [5.74, 6) is 0. The molecule has 3 rings (SSSR count). The van der Waals surface area contributed by atoms with Crippen molar-refractivity contribution in [3.63, 3.8) is 0 Å².